The summed E-state index contributed by atoms with van der Waals surface area (Å²) in [7, 11) is 0. The van der Waals surface area contributed by atoms with Crippen molar-refractivity contribution in [3.05, 3.63) is 0 Å². The van der Waals surface area contributed by atoms with Gasteiger partial charge in [0.1, 0.15) is 0 Å². The molecule has 3 unspecified atom stereocenters. The molecule has 2 fully saturated rings. The molecule has 0 radical (unpaired) electrons. The van der Waals surface area contributed by atoms with Crippen LogP contribution in [0.5, 0.6) is 0 Å². The molecule has 98 valence electrons. The quantitative estimate of drug-likeness (QED) is 0.811. The van der Waals surface area contributed by atoms with Crippen LogP contribution in [0.1, 0.15) is 40.0 Å². The molecule has 0 spiro atoms. The molecule has 2 aliphatic rings. The fourth-order valence-electron chi connectivity index (χ4n) is 3.47. The second-order valence-electron chi connectivity index (χ2n) is 6.01. The van der Waals surface area contributed by atoms with Gasteiger partial charge in [-0.15, -0.1) is 0 Å². The van der Waals surface area contributed by atoms with Crippen molar-refractivity contribution in [2.45, 2.75) is 46.1 Å². The minimum Gasteiger partial charge on any atom is -0.341 e. The molecule has 3 nitrogen and oxygen atoms in total. The number of likely N-dealkylation sites (N-methyl/N-ethyl adjacent to an activating group) is 1. The van der Waals surface area contributed by atoms with Gasteiger partial charge in [-0.05, 0) is 44.1 Å². The largest absolute Gasteiger partial charge is 0.341 e. The highest BCUT2D eigenvalue weighted by atomic mass is 16.2. The lowest BCUT2D eigenvalue weighted by Crippen LogP contribution is -2.47. The van der Waals surface area contributed by atoms with Crippen LogP contribution in [0, 0.1) is 17.8 Å². The van der Waals surface area contributed by atoms with E-state index in [0.29, 0.717) is 17.7 Å². The Hall–Kier alpha value is -0.570. The highest BCUT2D eigenvalue weighted by molar-refractivity contribution is 5.82. The molecule has 3 heteroatoms. The third kappa shape index (κ3) is 2.65. The monoisotopic (exact) mass is 238 g/mol. The Morgan fingerprint density at radius 2 is 2.18 bits per heavy atom. The molecule has 1 aliphatic carbocycles. The number of fused-ring (bicyclic) bond motifs is 1. The van der Waals surface area contributed by atoms with Gasteiger partial charge in [0.2, 0.25) is 5.91 Å². The van der Waals surface area contributed by atoms with Crippen molar-refractivity contribution in [3.8, 4) is 0 Å². The summed E-state index contributed by atoms with van der Waals surface area (Å²) in [5.41, 5.74) is 0. The van der Waals surface area contributed by atoms with E-state index >= 15 is 0 Å². The van der Waals surface area contributed by atoms with Gasteiger partial charge >= 0.3 is 0 Å². The highest BCUT2D eigenvalue weighted by Gasteiger charge is 2.43. The van der Waals surface area contributed by atoms with Gasteiger partial charge in [-0.2, -0.15) is 0 Å². The molecule has 3 atom stereocenters. The van der Waals surface area contributed by atoms with Gasteiger partial charge in [-0.25, -0.2) is 0 Å². The lowest BCUT2D eigenvalue weighted by Gasteiger charge is -2.28. The minimum absolute atomic E-state index is 0.112. The molecule has 2 rings (SSSR count). The highest BCUT2D eigenvalue weighted by Crippen LogP contribution is 2.38. The van der Waals surface area contributed by atoms with E-state index in [0.717, 1.165) is 25.6 Å². The van der Waals surface area contributed by atoms with Crippen molar-refractivity contribution in [1.82, 2.24) is 10.2 Å². The van der Waals surface area contributed by atoms with Gasteiger partial charge < -0.3 is 10.2 Å². The van der Waals surface area contributed by atoms with Crippen LogP contribution in [0.25, 0.3) is 0 Å². The Kier molecular flexibility index (Phi) is 4.08. The summed E-state index contributed by atoms with van der Waals surface area (Å²) in [5.74, 6) is 2.28. The lowest BCUT2D eigenvalue weighted by atomic mass is 9.93. The Morgan fingerprint density at radius 3 is 2.82 bits per heavy atom. The zero-order chi connectivity index (χ0) is 12.4. The van der Waals surface area contributed by atoms with Crippen LogP contribution in [0.15, 0.2) is 0 Å². The summed E-state index contributed by atoms with van der Waals surface area (Å²) in [6.07, 6.45) is 3.88. The van der Waals surface area contributed by atoms with E-state index in [1.54, 1.807) is 0 Å². The summed E-state index contributed by atoms with van der Waals surface area (Å²) in [6, 6.07) is 0.112. The van der Waals surface area contributed by atoms with E-state index in [4.69, 9.17) is 0 Å². The van der Waals surface area contributed by atoms with Gasteiger partial charge in [0.15, 0.2) is 0 Å². The summed E-state index contributed by atoms with van der Waals surface area (Å²) < 4.78 is 0. The number of nitrogens with one attached hydrogen (secondary N) is 1. The summed E-state index contributed by atoms with van der Waals surface area (Å²) in [4.78, 5) is 14.5. The third-order valence-corrected chi connectivity index (χ3v) is 4.29. The molecule has 1 aliphatic heterocycles. The summed E-state index contributed by atoms with van der Waals surface area (Å²) in [5, 5.41) is 3.46. The van der Waals surface area contributed by atoms with Gasteiger partial charge in [-0.1, -0.05) is 20.3 Å². The zero-order valence-electron chi connectivity index (χ0n) is 11.4. The molecule has 1 heterocycles. The van der Waals surface area contributed by atoms with Gasteiger partial charge in [0.05, 0.1) is 6.04 Å². The number of hydrogen-bond donors (Lipinski definition) is 1. The van der Waals surface area contributed by atoms with Gasteiger partial charge in [0.25, 0.3) is 0 Å². The number of nitrogens with zero attached hydrogens (tertiary/aromatic N) is 1. The Balaban J connectivity index is 1.98. The molecular weight excluding hydrogens is 212 g/mol. The first-order chi connectivity index (χ1) is 8.13. The fourth-order valence-corrected chi connectivity index (χ4v) is 3.47. The second-order valence-corrected chi connectivity index (χ2v) is 6.01. The molecule has 0 aromatic heterocycles. The summed E-state index contributed by atoms with van der Waals surface area (Å²) in [6.45, 7) is 9.23. The van der Waals surface area contributed by atoms with E-state index in [9.17, 15) is 4.79 Å². The SMILES string of the molecule is CCN(CC(C)C)C(=O)C1NCC2CCCC21. The molecule has 17 heavy (non-hydrogen) atoms. The Labute approximate surface area is 105 Å². The third-order valence-electron chi connectivity index (χ3n) is 4.29. The van der Waals surface area contributed by atoms with E-state index in [1.807, 2.05) is 4.90 Å². The molecule has 1 saturated carbocycles. The van der Waals surface area contributed by atoms with Crippen molar-refractivity contribution in [3.63, 3.8) is 0 Å². The molecule has 1 amide bonds. The number of carbonyl (C=O) groups is 1. The summed E-state index contributed by atoms with van der Waals surface area (Å²) >= 11 is 0. The standard InChI is InChI=1S/C14H26N2O/c1-4-16(9-10(2)3)14(17)13-12-7-5-6-11(12)8-15-13/h10-13,15H,4-9H2,1-3H3. The van der Waals surface area contributed by atoms with Crippen LogP contribution < -0.4 is 5.32 Å². The molecule has 0 bridgehead atoms. The maximum absolute atomic E-state index is 12.5. The van der Waals surface area contributed by atoms with Crippen molar-refractivity contribution in [2.75, 3.05) is 19.6 Å². The van der Waals surface area contributed by atoms with Crippen molar-refractivity contribution in [1.29, 1.82) is 0 Å². The van der Waals surface area contributed by atoms with E-state index < -0.39 is 0 Å². The van der Waals surface area contributed by atoms with Gasteiger partial charge in [-0.3, -0.25) is 4.79 Å². The first kappa shape index (κ1) is 12.9. The lowest BCUT2D eigenvalue weighted by molar-refractivity contribution is -0.134. The zero-order valence-corrected chi connectivity index (χ0v) is 11.4. The Bertz CT molecular complexity index is 277. The van der Waals surface area contributed by atoms with Gasteiger partial charge in [0, 0.05) is 13.1 Å². The maximum Gasteiger partial charge on any atom is 0.240 e. The van der Waals surface area contributed by atoms with Crippen LogP contribution >= 0.6 is 0 Å². The topological polar surface area (TPSA) is 32.3 Å². The average molecular weight is 238 g/mol. The number of rotatable bonds is 4. The molecular formula is C14H26N2O. The van der Waals surface area contributed by atoms with Crippen molar-refractivity contribution in [2.24, 2.45) is 17.8 Å². The number of hydrogen-bond acceptors (Lipinski definition) is 2. The minimum atomic E-state index is 0.112. The van der Waals surface area contributed by atoms with Crippen LogP contribution in [0.4, 0.5) is 0 Å². The number of amides is 1. The molecule has 0 aromatic rings. The molecule has 1 N–H and O–H groups in total. The molecule has 0 aromatic carbocycles. The van der Waals surface area contributed by atoms with Crippen LogP contribution in [0.2, 0.25) is 0 Å². The smallest absolute Gasteiger partial charge is 0.240 e. The average Bonchev–Trinajstić information content (AvgIpc) is 2.86. The fraction of sp³-hybridized carbons (Fsp3) is 0.929. The maximum atomic E-state index is 12.5. The second kappa shape index (κ2) is 5.38. The number of carbonyl (C=O) groups excluding carboxylic acids is 1. The first-order valence-electron chi connectivity index (χ1n) is 7.15. The van der Waals surface area contributed by atoms with E-state index in [-0.39, 0.29) is 6.04 Å². The molecule has 1 saturated heterocycles. The van der Waals surface area contributed by atoms with Crippen LogP contribution in [0.3, 0.4) is 0 Å². The predicted octanol–water partition coefficient (Wildman–Crippen LogP) is 1.88. The predicted molar refractivity (Wildman–Crippen MR) is 69.7 cm³/mol. The van der Waals surface area contributed by atoms with E-state index in [2.05, 4.69) is 26.1 Å². The van der Waals surface area contributed by atoms with Crippen LogP contribution in [-0.2, 0) is 4.79 Å². The first-order valence-corrected chi connectivity index (χ1v) is 7.15. The van der Waals surface area contributed by atoms with Crippen LogP contribution in [-0.4, -0.2) is 36.5 Å². The Morgan fingerprint density at radius 1 is 1.41 bits per heavy atom. The van der Waals surface area contributed by atoms with E-state index in [1.165, 1.54) is 19.3 Å². The normalized spacial score (nSPS) is 31.9. The van der Waals surface area contributed by atoms with Crippen molar-refractivity contribution < 1.29 is 4.79 Å². The van der Waals surface area contributed by atoms with Crippen molar-refractivity contribution >= 4 is 5.91 Å².